The number of hydrogen-bond acceptors (Lipinski definition) is 4. The third kappa shape index (κ3) is 3.62. The lowest BCUT2D eigenvalue weighted by atomic mass is 10.1. The molecule has 0 radical (unpaired) electrons. The molecule has 0 spiro atoms. The van der Waals surface area contributed by atoms with E-state index in [0.717, 1.165) is 31.6 Å². The molecule has 2 atom stereocenters. The van der Waals surface area contributed by atoms with Gasteiger partial charge in [0.2, 0.25) is 0 Å². The van der Waals surface area contributed by atoms with Crippen LogP contribution in [0.2, 0.25) is 0 Å². The zero-order chi connectivity index (χ0) is 13.0. The van der Waals surface area contributed by atoms with Crippen LogP contribution < -0.4 is 5.32 Å². The minimum Gasteiger partial charge on any atom is -0.508 e. The predicted octanol–water partition coefficient (Wildman–Crippen LogP) is 2.32. The molecule has 1 aromatic rings. The molecule has 1 fully saturated rings. The van der Waals surface area contributed by atoms with Crippen LogP contribution in [0.5, 0.6) is 11.5 Å². The van der Waals surface area contributed by atoms with Gasteiger partial charge in [-0.2, -0.15) is 0 Å². The van der Waals surface area contributed by atoms with Gasteiger partial charge in [0.25, 0.3) is 0 Å². The summed E-state index contributed by atoms with van der Waals surface area (Å²) in [5.41, 5.74) is 0.878. The van der Waals surface area contributed by atoms with Crippen LogP contribution in [0.4, 0.5) is 0 Å². The Hall–Kier alpha value is -1.26. The topological polar surface area (TPSA) is 61.7 Å². The van der Waals surface area contributed by atoms with Gasteiger partial charge in [0.1, 0.15) is 11.5 Å². The summed E-state index contributed by atoms with van der Waals surface area (Å²) in [5.74, 6) is 0.181. The van der Waals surface area contributed by atoms with Crippen LogP contribution in [-0.2, 0) is 4.74 Å². The number of phenols is 2. The number of ether oxygens (including phenoxy) is 1. The Morgan fingerprint density at radius 1 is 1.28 bits per heavy atom. The summed E-state index contributed by atoms with van der Waals surface area (Å²) in [7, 11) is 0. The van der Waals surface area contributed by atoms with E-state index in [2.05, 4.69) is 5.32 Å². The SMILES string of the molecule is CC(NCC1CCCCO1)c1cc(O)cc(O)c1. The predicted molar refractivity (Wildman–Crippen MR) is 69.8 cm³/mol. The zero-order valence-electron chi connectivity index (χ0n) is 10.7. The summed E-state index contributed by atoms with van der Waals surface area (Å²) in [6, 6.07) is 4.74. The Labute approximate surface area is 108 Å². The molecule has 0 saturated carbocycles. The lowest BCUT2D eigenvalue weighted by Gasteiger charge is -2.25. The number of phenolic OH excluding ortho intramolecular Hbond substituents is 2. The molecule has 0 aliphatic carbocycles. The van der Waals surface area contributed by atoms with E-state index in [4.69, 9.17) is 4.74 Å². The van der Waals surface area contributed by atoms with Gasteiger partial charge in [-0.3, -0.25) is 0 Å². The van der Waals surface area contributed by atoms with Crippen LogP contribution in [-0.4, -0.2) is 29.5 Å². The van der Waals surface area contributed by atoms with Gasteiger partial charge in [0.15, 0.2) is 0 Å². The molecule has 1 heterocycles. The smallest absolute Gasteiger partial charge is 0.119 e. The van der Waals surface area contributed by atoms with E-state index in [1.165, 1.54) is 12.5 Å². The Kier molecular flexibility index (Phi) is 4.44. The third-order valence-corrected chi connectivity index (χ3v) is 3.35. The van der Waals surface area contributed by atoms with Crippen molar-refractivity contribution in [2.75, 3.05) is 13.2 Å². The minimum absolute atomic E-state index is 0.0773. The first-order valence-electron chi connectivity index (χ1n) is 6.53. The van der Waals surface area contributed by atoms with Gasteiger partial charge in [0.05, 0.1) is 6.10 Å². The summed E-state index contributed by atoms with van der Waals surface area (Å²) in [4.78, 5) is 0. The number of aromatic hydroxyl groups is 2. The lowest BCUT2D eigenvalue weighted by molar-refractivity contribution is 0.0156. The molecule has 4 nitrogen and oxygen atoms in total. The highest BCUT2D eigenvalue weighted by atomic mass is 16.5. The molecule has 1 saturated heterocycles. The summed E-state index contributed by atoms with van der Waals surface area (Å²) in [5, 5.41) is 22.3. The van der Waals surface area contributed by atoms with Crippen molar-refractivity contribution >= 4 is 0 Å². The maximum Gasteiger partial charge on any atom is 0.119 e. The van der Waals surface area contributed by atoms with Crippen LogP contribution in [0.15, 0.2) is 18.2 Å². The van der Waals surface area contributed by atoms with E-state index in [9.17, 15) is 10.2 Å². The highest BCUT2D eigenvalue weighted by Crippen LogP contribution is 2.24. The van der Waals surface area contributed by atoms with Crippen molar-refractivity contribution in [1.29, 1.82) is 0 Å². The van der Waals surface area contributed by atoms with Gasteiger partial charge in [-0.05, 0) is 43.9 Å². The Balaban J connectivity index is 1.88. The first kappa shape index (κ1) is 13.2. The molecule has 2 unspecified atom stereocenters. The average molecular weight is 251 g/mol. The Bertz CT molecular complexity index is 368. The standard InChI is InChI=1S/C14H21NO3/c1-10(11-6-12(16)8-13(17)7-11)15-9-14-4-2-3-5-18-14/h6-8,10,14-17H,2-5,9H2,1H3. The minimum atomic E-state index is 0.0773. The summed E-state index contributed by atoms with van der Waals surface area (Å²) < 4.78 is 5.65. The fraction of sp³-hybridized carbons (Fsp3) is 0.571. The first-order chi connectivity index (χ1) is 8.65. The van der Waals surface area contributed by atoms with Gasteiger partial charge in [-0.25, -0.2) is 0 Å². The van der Waals surface area contributed by atoms with Crippen molar-refractivity contribution in [3.63, 3.8) is 0 Å². The molecular formula is C14H21NO3. The molecule has 100 valence electrons. The molecule has 1 aliphatic heterocycles. The van der Waals surface area contributed by atoms with Crippen LogP contribution in [0.1, 0.15) is 37.8 Å². The second-order valence-electron chi connectivity index (χ2n) is 4.90. The molecule has 2 rings (SSSR count). The van der Waals surface area contributed by atoms with Gasteiger partial charge < -0.3 is 20.3 Å². The van der Waals surface area contributed by atoms with E-state index in [-0.39, 0.29) is 23.6 Å². The molecule has 0 aromatic heterocycles. The molecule has 3 N–H and O–H groups in total. The van der Waals surface area contributed by atoms with Crippen molar-refractivity contribution in [2.24, 2.45) is 0 Å². The highest BCUT2D eigenvalue weighted by Gasteiger charge is 2.15. The molecule has 18 heavy (non-hydrogen) atoms. The molecule has 4 heteroatoms. The molecule has 0 bridgehead atoms. The molecule has 1 aromatic carbocycles. The largest absolute Gasteiger partial charge is 0.508 e. The van der Waals surface area contributed by atoms with Crippen molar-refractivity contribution in [3.05, 3.63) is 23.8 Å². The van der Waals surface area contributed by atoms with Crippen molar-refractivity contribution in [3.8, 4) is 11.5 Å². The van der Waals surface area contributed by atoms with Crippen molar-refractivity contribution < 1.29 is 14.9 Å². The van der Waals surface area contributed by atoms with E-state index >= 15 is 0 Å². The lowest BCUT2D eigenvalue weighted by Crippen LogP contribution is -2.33. The quantitative estimate of drug-likeness (QED) is 0.768. The summed E-state index contributed by atoms with van der Waals surface area (Å²) >= 11 is 0. The zero-order valence-corrected chi connectivity index (χ0v) is 10.7. The fourth-order valence-corrected chi connectivity index (χ4v) is 2.26. The van der Waals surface area contributed by atoms with E-state index in [1.807, 2.05) is 6.92 Å². The van der Waals surface area contributed by atoms with Crippen LogP contribution >= 0.6 is 0 Å². The van der Waals surface area contributed by atoms with Gasteiger partial charge >= 0.3 is 0 Å². The number of benzene rings is 1. The maximum absolute atomic E-state index is 9.45. The van der Waals surface area contributed by atoms with E-state index in [0.29, 0.717) is 0 Å². The van der Waals surface area contributed by atoms with Crippen LogP contribution in [0.25, 0.3) is 0 Å². The van der Waals surface area contributed by atoms with Crippen LogP contribution in [0, 0.1) is 0 Å². The molecular weight excluding hydrogens is 230 g/mol. The number of rotatable bonds is 4. The van der Waals surface area contributed by atoms with Gasteiger partial charge in [-0.1, -0.05) is 0 Å². The second kappa shape index (κ2) is 6.07. The number of nitrogens with one attached hydrogen (secondary N) is 1. The van der Waals surface area contributed by atoms with Crippen molar-refractivity contribution in [2.45, 2.75) is 38.3 Å². The summed E-state index contributed by atoms with van der Waals surface area (Å²) in [6.07, 6.45) is 3.78. The van der Waals surface area contributed by atoms with E-state index in [1.54, 1.807) is 12.1 Å². The average Bonchev–Trinajstić information content (AvgIpc) is 2.36. The fourth-order valence-electron chi connectivity index (χ4n) is 2.26. The Morgan fingerprint density at radius 3 is 2.61 bits per heavy atom. The van der Waals surface area contributed by atoms with Gasteiger partial charge in [0, 0.05) is 25.3 Å². The third-order valence-electron chi connectivity index (χ3n) is 3.35. The Morgan fingerprint density at radius 2 is 2.00 bits per heavy atom. The maximum atomic E-state index is 9.45. The van der Waals surface area contributed by atoms with Crippen molar-refractivity contribution in [1.82, 2.24) is 5.32 Å². The monoisotopic (exact) mass is 251 g/mol. The second-order valence-corrected chi connectivity index (χ2v) is 4.90. The van der Waals surface area contributed by atoms with E-state index < -0.39 is 0 Å². The summed E-state index contributed by atoms with van der Waals surface area (Å²) in [6.45, 7) is 3.67. The molecule has 0 amide bonds. The van der Waals surface area contributed by atoms with Crippen LogP contribution in [0.3, 0.4) is 0 Å². The molecule has 1 aliphatic rings. The highest BCUT2D eigenvalue weighted by molar-refractivity contribution is 5.37. The first-order valence-corrected chi connectivity index (χ1v) is 6.53. The number of hydrogen-bond donors (Lipinski definition) is 3. The van der Waals surface area contributed by atoms with Gasteiger partial charge in [-0.15, -0.1) is 0 Å². The normalized spacial score (nSPS) is 21.7.